The topological polar surface area (TPSA) is 91.7 Å². The van der Waals surface area contributed by atoms with E-state index in [9.17, 15) is 24.6 Å². The Bertz CT molecular complexity index is 730. The normalized spacial score (nSPS) is 19.0. The molecule has 5 nitrogen and oxygen atoms in total. The zero-order chi connectivity index (χ0) is 15.2. The minimum atomic E-state index is -2.51. The third kappa shape index (κ3) is 1.83. The Kier molecular flexibility index (Phi) is 2.98. The molecule has 0 aromatic heterocycles. The van der Waals surface area contributed by atoms with Crippen LogP contribution >= 0.6 is 11.8 Å². The van der Waals surface area contributed by atoms with Crippen LogP contribution in [0, 0.1) is 5.41 Å². The first kappa shape index (κ1) is 13.6. The fourth-order valence-electron chi connectivity index (χ4n) is 2.48. The third-order valence-corrected chi connectivity index (χ3v) is 4.87. The lowest BCUT2D eigenvalue weighted by Crippen LogP contribution is -2.47. The largest absolute Gasteiger partial charge is 0.480 e. The number of carbonyl (C=O) groups excluding carboxylic acids is 1. The fraction of sp³-hybridized carbons (Fsp3) is 0.133. The van der Waals surface area contributed by atoms with E-state index in [0.717, 1.165) is 16.5 Å². The second kappa shape index (κ2) is 4.60. The van der Waals surface area contributed by atoms with Crippen molar-refractivity contribution in [2.75, 3.05) is 0 Å². The number of benzene rings is 1. The molecule has 106 valence electrons. The Morgan fingerprint density at radius 2 is 1.81 bits per heavy atom. The summed E-state index contributed by atoms with van der Waals surface area (Å²) in [4.78, 5) is 36.8. The standard InChI is InChI=1S/C15H10O5S/c16-12-9-7-8-3-1-2-4-10(8)21-11(9)5-6-15(12,13(17)18)14(19)20/h1-6H,7H2,(H,17,18)(H,19,20). The first-order valence-electron chi connectivity index (χ1n) is 6.16. The number of hydrogen-bond donors (Lipinski definition) is 2. The van der Waals surface area contributed by atoms with Gasteiger partial charge in [0.25, 0.3) is 0 Å². The van der Waals surface area contributed by atoms with Crippen LogP contribution < -0.4 is 0 Å². The van der Waals surface area contributed by atoms with Crippen molar-refractivity contribution in [1.29, 1.82) is 0 Å². The molecule has 1 aromatic rings. The predicted molar refractivity (Wildman–Crippen MR) is 74.9 cm³/mol. The van der Waals surface area contributed by atoms with Crippen LogP contribution in [-0.4, -0.2) is 27.9 Å². The Labute approximate surface area is 124 Å². The molecule has 2 aliphatic rings. The van der Waals surface area contributed by atoms with Gasteiger partial charge in [-0.05, 0) is 23.8 Å². The number of fused-ring (bicyclic) bond motifs is 1. The maximum Gasteiger partial charge on any atom is 0.333 e. The molecular formula is C15H10O5S. The SMILES string of the molecule is O=C(O)C1(C(=O)O)C=CC2=C(Cc3ccccc3S2)C1=O. The quantitative estimate of drug-likeness (QED) is 0.811. The van der Waals surface area contributed by atoms with Gasteiger partial charge >= 0.3 is 11.9 Å². The van der Waals surface area contributed by atoms with E-state index in [1.807, 2.05) is 24.3 Å². The van der Waals surface area contributed by atoms with Crippen LogP contribution in [-0.2, 0) is 20.8 Å². The van der Waals surface area contributed by atoms with E-state index in [4.69, 9.17) is 0 Å². The summed E-state index contributed by atoms with van der Waals surface area (Å²) in [5.41, 5.74) is -1.35. The van der Waals surface area contributed by atoms with E-state index in [-0.39, 0.29) is 12.0 Å². The summed E-state index contributed by atoms with van der Waals surface area (Å²) in [6.07, 6.45) is 2.66. The molecule has 1 aliphatic carbocycles. The summed E-state index contributed by atoms with van der Waals surface area (Å²) in [6, 6.07) is 7.47. The number of allylic oxidation sites excluding steroid dienone is 2. The number of Topliss-reactive ketones (excluding diaryl/α,β-unsaturated/α-hetero) is 1. The maximum absolute atomic E-state index is 12.5. The highest BCUT2D eigenvalue weighted by Crippen LogP contribution is 2.44. The van der Waals surface area contributed by atoms with Gasteiger partial charge in [-0.2, -0.15) is 0 Å². The van der Waals surface area contributed by atoms with Crippen molar-refractivity contribution >= 4 is 29.5 Å². The molecule has 6 heteroatoms. The summed E-state index contributed by atoms with van der Waals surface area (Å²) in [5, 5.41) is 18.5. The Hall–Kier alpha value is -2.34. The third-order valence-electron chi connectivity index (χ3n) is 3.65. The predicted octanol–water partition coefficient (Wildman–Crippen LogP) is 1.88. The van der Waals surface area contributed by atoms with Crippen molar-refractivity contribution in [2.24, 2.45) is 5.41 Å². The van der Waals surface area contributed by atoms with Crippen LogP contribution in [0.1, 0.15) is 5.56 Å². The molecule has 1 aliphatic heterocycles. The minimum Gasteiger partial charge on any atom is -0.480 e. The molecule has 1 aromatic carbocycles. The molecule has 0 fully saturated rings. The van der Waals surface area contributed by atoms with Gasteiger partial charge in [-0.3, -0.25) is 14.4 Å². The Morgan fingerprint density at radius 3 is 2.48 bits per heavy atom. The van der Waals surface area contributed by atoms with E-state index in [1.165, 1.54) is 17.8 Å². The molecule has 1 heterocycles. The van der Waals surface area contributed by atoms with Gasteiger partial charge in [0.2, 0.25) is 5.41 Å². The number of aliphatic carboxylic acids is 2. The number of hydrogen-bond acceptors (Lipinski definition) is 4. The molecule has 0 unspecified atom stereocenters. The molecule has 0 saturated heterocycles. The van der Waals surface area contributed by atoms with Gasteiger partial charge in [-0.15, -0.1) is 0 Å². The molecule has 0 bridgehead atoms. The second-order valence-corrected chi connectivity index (χ2v) is 5.89. The van der Waals surface area contributed by atoms with Crippen molar-refractivity contribution in [3.63, 3.8) is 0 Å². The zero-order valence-electron chi connectivity index (χ0n) is 10.7. The van der Waals surface area contributed by atoms with Crippen LogP contribution in [0.3, 0.4) is 0 Å². The average molecular weight is 302 g/mol. The highest BCUT2D eigenvalue weighted by molar-refractivity contribution is 8.03. The number of ketones is 1. The summed E-state index contributed by atoms with van der Waals surface area (Å²) < 4.78 is 0. The fourth-order valence-corrected chi connectivity index (χ4v) is 3.56. The average Bonchev–Trinajstić information content (AvgIpc) is 2.45. The first-order valence-corrected chi connectivity index (χ1v) is 6.98. The van der Waals surface area contributed by atoms with Gasteiger partial charge in [0.1, 0.15) is 0 Å². The van der Waals surface area contributed by atoms with E-state index in [0.29, 0.717) is 4.91 Å². The molecule has 0 saturated carbocycles. The van der Waals surface area contributed by atoms with Gasteiger partial charge in [0.15, 0.2) is 5.78 Å². The van der Waals surface area contributed by atoms with Crippen molar-refractivity contribution in [2.45, 2.75) is 11.3 Å². The molecule has 21 heavy (non-hydrogen) atoms. The highest BCUT2D eigenvalue weighted by atomic mass is 32.2. The summed E-state index contributed by atoms with van der Waals surface area (Å²) >= 11 is 1.35. The van der Waals surface area contributed by atoms with Crippen LogP contribution in [0.2, 0.25) is 0 Å². The van der Waals surface area contributed by atoms with Gasteiger partial charge in [-0.25, -0.2) is 0 Å². The van der Waals surface area contributed by atoms with Gasteiger partial charge in [0, 0.05) is 21.8 Å². The van der Waals surface area contributed by atoms with Crippen LogP contribution in [0.4, 0.5) is 0 Å². The molecular weight excluding hydrogens is 292 g/mol. The number of carboxylic acids is 2. The molecule has 0 radical (unpaired) electrons. The number of carbonyl (C=O) groups is 3. The van der Waals surface area contributed by atoms with E-state index in [2.05, 4.69) is 0 Å². The monoisotopic (exact) mass is 302 g/mol. The van der Waals surface area contributed by atoms with Crippen molar-refractivity contribution < 1.29 is 24.6 Å². The Balaban J connectivity index is 2.09. The van der Waals surface area contributed by atoms with E-state index >= 15 is 0 Å². The highest BCUT2D eigenvalue weighted by Gasteiger charge is 2.54. The van der Waals surface area contributed by atoms with Crippen molar-refractivity contribution in [3.05, 3.63) is 52.5 Å². The maximum atomic E-state index is 12.5. The van der Waals surface area contributed by atoms with Crippen molar-refractivity contribution in [3.8, 4) is 0 Å². The van der Waals surface area contributed by atoms with E-state index in [1.54, 1.807) is 0 Å². The number of thioether (sulfide) groups is 1. The molecule has 0 amide bonds. The number of carboxylic acid groups (broad SMARTS) is 2. The summed E-state index contributed by atoms with van der Waals surface area (Å²) in [5.74, 6) is -4.18. The van der Waals surface area contributed by atoms with Crippen LogP contribution in [0.15, 0.2) is 51.8 Å². The summed E-state index contributed by atoms with van der Waals surface area (Å²) in [7, 11) is 0. The lowest BCUT2D eigenvalue weighted by molar-refractivity contribution is -0.163. The first-order chi connectivity index (χ1) is 9.96. The number of rotatable bonds is 2. The minimum absolute atomic E-state index is 0.254. The lowest BCUT2D eigenvalue weighted by Gasteiger charge is -2.29. The van der Waals surface area contributed by atoms with Gasteiger partial charge < -0.3 is 10.2 Å². The van der Waals surface area contributed by atoms with Crippen molar-refractivity contribution in [1.82, 2.24) is 0 Å². The van der Waals surface area contributed by atoms with E-state index < -0.39 is 23.1 Å². The smallest absolute Gasteiger partial charge is 0.333 e. The Morgan fingerprint density at radius 1 is 1.14 bits per heavy atom. The van der Waals surface area contributed by atoms with Crippen LogP contribution in [0.25, 0.3) is 0 Å². The molecule has 0 spiro atoms. The molecule has 2 N–H and O–H groups in total. The zero-order valence-corrected chi connectivity index (χ0v) is 11.5. The second-order valence-electron chi connectivity index (χ2n) is 4.81. The van der Waals surface area contributed by atoms with Gasteiger partial charge in [-0.1, -0.05) is 30.0 Å². The lowest BCUT2D eigenvalue weighted by atomic mass is 9.75. The van der Waals surface area contributed by atoms with Crippen LogP contribution in [0.5, 0.6) is 0 Å². The molecule has 0 atom stereocenters. The molecule has 3 rings (SSSR count). The van der Waals surface area contributed by atoms with Gasteiger partial charge in [0.05, 0.1) is 0 Å². The summed E-state index contributed by atoms with van der Waals surface area (Å²) in [6.45, 7) is 0.